The normalized spacial score (nSPS) is 15.2. The predicted molar refractivity (Wildman–Crippen MR) is 125 cm³/mol. The van der Waals surface area contributed by atoms with Gasteiger partial charge in [-0.2, -0.15) is 5.10 Å². The van der Waals surface area contributed by atoms with Gasteiger partial charge in [-0.1, -0.05) is 12.5 Å². The van der Waals surface area contributed by atoms with E-state index in [9.17, 15) is 0 Å². The van der Waals surface area contributed by atoms with Crippen molar-refractivity contribution in [2.75, 3.05) is 33.2 Å². The molecule has 8 heteroatoms. The quantitative estimate of drug-likeness (QED) is 0.365. The van der Waals surface area contributed by atoms with Crippen molar-refractivity contribution in [2.24, 2.45) is 4.99 Å². The Morgan fingerprint density at radius 3 is 2.54 bits per heavy atom. The van der Waals surface area contributed by atoms with Gasteiger partial charge in [-0.3, -0.25) is 4.99 Å². The van der Waals surface area contributed by atoms with Crippen LogP contribution in [0.2, 0.25) is 0 Å². The van der Waals surface area contributed by atoms with E-state index in [0.717, 1.165) is 41.8 Å². The molecule has 0 aliphatic carbocycles. The van der Waals surface area contributed by atoms with Crippen molar-refractivity contribution in [3.8, 4) is 5.82 Å². The largest absolute Gasteiger partial charge is 0.355 e. The van der Waals surface area contributed by atoms with E-state index in [2.05, 4.69) is 42.7 Å². The first-order chi connectivity index (χ1) is 13.2. The zero-order chi connectivity index (χ0) is 19.1. The minimum absolute atomic E-state index is 0. The fourth-order valence-corrected chi connectivity index (χ4v) is 3.43. The third kappa shape index (κ3) is 6.44. The van der Waals surface area contributed by atoms with Gasteiger partial charge in [-0.25, -0.2) is 9.67 Å². The Balaban J connectivity index is 0.00000280. The Hall–Kier alpha value is -1.68. The minimum atomic E-state index is 0. The topological polar surface area (TPSA) is 70.4 Å². The molecule has 0 aromatic carbocycles. The number of aryl methyl sites for hydroxylation is 2. The van der Waals surface area contributed by atoms with Crippen LogP contribution < -0.4 is 10.6 Å². The highest BCUT2D eigenvalue weighted by Crippen LogP contribution is 2.10. The second-order valence-electron chi connectivity index (χ2n) is 7.12. The molecular weight excluding hydrogens is 465 g/mol. The molecule has 0 spiro atoms. The molecule has 7 nitrogen and oxygen atoms in total. The fraction of sp³-hybridized carbons (Fsp3) is 0.550. The molecule has 3 heterocycles. The van der Waals surface area contributed by atoms with Crippen LogP contribution in [-0.4, -0.2) is 58.9 Å². The number of likely N-dealkylation sites (tertiary alicyclic amines) is 1. The molecule has 1 aliphatic rings. The van der Waals surface area contributed by atoms with Crippen LogP contribution in [0.3, 0.4) is 0 Å². The average molecular weight is 497 g/mol. The molecule has 2 aromatic heterocycles. The third-order valence-electron chi connectivity index (χ3n) is 4.89. The van der Waals surface area contributed by atoms with Gasteiger partial charge in [0.1, 0.15) is 0 Å². The smallest absolute Gasteiger partial charge is 0.191 e. The summed E-state index contributed by atoms with van der Waals surface area (Å²) in [5.41, 5.74) is 3.20. The van der Waals surface area contributed by atoms with Gasteiger partial charge in [0.25, 0.3) is 0 Å². The lowest BCUT2D eigenvalue weighted by Crippen LogP contribution is -2.42. The van der Waals surface area contributed by atoms with E-state index in [1.807, 2.05) is 30.8 Å². The maximum Gasteiger partial charge on any atom is 0.191 e. The number of nitrogens with zero attached hydrogens (tertiary/aromatic N) is 5. The number of aliphatic imine (C=N–C) groups is 1. The van der Waals surface area contributed by atoms with Crippen LogP contribution in [0.1, 0.15) is 36.2 Å². The molecule has 0 unspecified atom stereocenters. The number of hydrogen-bond donors (Lipinski definition) is 2. The summed E-state index contributed by atoms with van der Waals surface area (Å²) in [6, 6.07) is 6.13. The Bertz CT molecular complexity index is 748. The summed E-state index contributed by atoms with van der Waals surface area (Å²) in [7, 11) is 1.81. The lowest BCUT2D eigenvalue weighted by molar-refractivity contribution is 0.232. The summed E-state index contributed by atoms with van der Waals surface area (Å²) in [6.45, 7) is 9.15. The van der Waals surface area contributed by atoms with Gasteiger partial charge >= 0.3 is 0 Å². The van der Waals surface area contributed by atoms with Gasteiger partial charge in [0.15, 0.2) is 11.8 Å². The van der Waals surface area contributed by atoms with Gasteiger partial charge in [0.2, 0.25) is 0 Å². The number of guanidine groups is 1. The first-order valence-electron chi connectivity index (χ1n) is 9.81. The number of piperidine rings is 1. The number of hydrogen-bond acceptors (Lipinski definition) is 4. The van der Waals surface area contributed by atoms with Gasteiger partial charge in [-0.05, 0) is 57.5 Å². The van der Waals surface area contributed by atoms with Crippen LogP contribution >= 0.6 is 24.0 Å². The minimum Gasteiger partial charge on any atom is -0.355 e. The molecule has 2 aromatic rings. The number of halogens is 1. The maximum absolute atomic E-state index is 4.54. The highest BCUT2D eigenvalue weighted by Gasteiger charge is 2.09. The predicted octanol–water partition coefficient (Wildman–Crippen LogP) is 2.65. The van der Waals surface area contributed by atoms with Crippen LogP contribution in [0.4, 0.5) is 0 Å². The van der Waals surface area contributed by atoms with Crippen molar-refractivity contribution in [1.82, 2.24) is 30.3 Å². The zero-order valence-corrected chi connectivity index (χ0v) is 19.4. The molecule has 0 atom stereocenters. The SMILES string of the molecule is CN=C(NCCN1CCCCC1)NCc1ccc(-n2nc(C)cc2C)nc1.I. The standard InChI is InChI=1S/C20H31N7.HI/c1-16-13-17(2)27(25-16)19-8-7-18(14-23-19)15-24-20(21-3)22-9-12-26-10-5-4-6-11-26;/h7-8,13-14H,4-6,9-12,15H2,1-3H3,(H2,21,22,24);1H. The molecule has 1 saturated heterocycles. The molecular formula is C20H32IN7. The number of aromatic nitrogens is 3. The van der Waals surface area contributed by atoms with Crippen LogP contribution in [-0.2, 0) is 6.54 Å². The Morgan fingerprint density at radius 2 is 1.93 bits per heavy atom. The Morgan fingerprint density at radius 1 is 1.14 bits per heavy atom. The van der Waals surface area contributed by atoms with E-state index in [1.165, 1.54) is 32.4 Å². The summed E-state index contributed by atoms with van der Waals surface area (Å²) in [4.78, 5) is 11.4. The number of rotatable bonds is 6. The average Bonchev–Trinajstić information content (AvgIpc) is 3.04. The second kappa shape index (κ2) is 11.4. The van der Waals surface area contributed by atoms with Gasteiger partial charge in [-0.15, -0.1) is 24.0 Å². The van der Waals surface area contributed by atoms with Crippen molar-refractivity contribution in [3.63, 3.8) is 0 Å². The van der Waals surface area contributed by atoms with Crippen LogP contribution in [0, 0.1) is 13.8 Å². The molecule has 1 fully saturated rings. The second-order valence-corrected chi connectivity index (χ2v) is 7.12. The summed E-state index contributed by atoms with van der Waals surface area (Å²) in [6.07, 6.45) is 5.92. The number of pyridine rings is 1. The van der Waals surface area contributed by atoms with E-state index in [-0.39, 0.29) is 24.0 Å². The molecule has 1 aliphatic heterocycles. The summed E-state index contributed by atoms with van der Waals surface area (Å²) in [5, 5.41) is 11.2. The fourth-order valence-electron chi connectivity index (χ4n) is 3.43. The summed E-state index contributed by atoms with van der Waals surface area (Å²) < 4.78 is 1.87. The molecule has 0 bridgehead atoms. The zero-order valence-electron chi connectivity index (χ0n) is 17.1. The lowest BCUT2D eigenvalue weighted by Gasteiger charge is -2.26. The molecule has 154 valence electrons. The van der Waals surface area contributed by atoms with Crippen LogP contribution in [0.5, 0.6) is 0 Å². The number of nitrogens with one attached hydrogen (secondary N) is 2. The first-order valence-corrected chi connectivity index (χ1v) is 9.81. The molecule has 28 heavy (non-hydrogen) atoms. The van der Waals surface area contributed by atoms with Crippen molar-refractivity contribution in [2.45, 2.75) is 39.7 Å². The molecule has 2 N–H and O–H groups in total. The van der Waals surface area contributed by atoms with Crippen LogP contribution in [0.15, 0.2) is 29.4 Å². The highest BCUT2D eigenvalue weighted by atomic mass is 127. The molecule has 0 amide bonds. The monoisotopic (exact) mass is 497 g/mol. The Labute approximate surface area is 185 Å². The highest BCUT2D eigenvalue weighted by molar-refractivity contribution is 14.0. The van der Waals surface area contributed by atoms with E-state index < -0.39 is 0 Å². The van der Waals surface area contributed by atoms with Crippen molar-refractivity contribution in [1.29, 1.82) is 0 Å². The van der Waals surface area contributed by atoms with Crippen molar-refractivity contribution >= 4 is 29.9 Å². The summed E-state index contributed by atoms with van der Waals surface area (Å²) in [5.74, 6) is 1.67. The van der Waals surface area contributed by atoms with Gasteiger partial charge < -0.3 is 15.5 Å². The first kappa shape index (κ1) is 22.6. The Kier molecular flexibility index (Phi) is 9.17. The van der Waals surface area contributed by atoms with E-state index in [1.54, 1.807) is 7.05 Å². The molecule has 0 radical (unpaired) electrons. The van der Waals surface area contributed by atoms with Crippen molar-refractivity contribution in [3.05, 3.63) is 41.3 Å². The van der Waals surface area contributed by atoms with Gasteiger partial charge in [0, 0.05) is 38.6 Å². The molecule has 0 saturated carbocycles. The van der Waals surface area contributed by atoms with E-state index in [0.29, 0.717) is 6.54 Å². The van der Waals surface area contributed by atoms with Crippen molar-refractivity contribution < 1.29 is 0 Å². The van der Waals surface area contributed by atoms with Crippen LogP contribution in [0.25, 0.3) is 5.82 Å². The third-order valence-corrected chi connectivity index (χ3v) is 4.89. The molecule has 3 rings (SSSR count). The van der Waals surface area contributed by atoms with Gasteiger partial charge in [0.05, 0.1) is 5.69 Å². The van der Waals surface area contributed by atoms with E-state index in [4.69, 9.17) is 0 Å². The van der Waals surface area contributed by atoms with E-state index >= 15 is 0 Å². The lowest BCUT2D eigenvalue weighted by atomic mass is 10.1. The maximum atomic E-state index is 4.54. The summed E-state index contributed by atoms with van der Waals surface area (Å²) >= 11 is 0.